The van der Waals surface area contributed by atoms with Crippen LogP contribution in [0.15, 0.2) is 0 Å². The molecule has 0 aromatic carbocycles. The first-order valence-corrected chi connectivity index (χ1v) is 7.18. The number of rotatable bonds is 8. The second-order valence-electron chi connectivity index (χ2n) is 4.20. The molecule has 1 atom stereocenters. The van der Waals surface area contributed by atoms with Gasteiger partial charge >= 0.3 is 5.97 Å². The third-order valence-electron chi connectivity index (χ3n) is 2.26. The predicted octanol–water partition coefficient (Wildman–Crippen LogP) is 1.21. The van der Waals surface area contributed by atoms with Crippen molar-refractivity contribution >= 4 is 16.0 Å². The zero-order chi connectivity index (χ0) is 12.8. The number of carbonyl (C=O) groups is 1. The van der Waals surface area contributed by atoms with Gasteiger partial charge in [-0.1, -0.05) is 33.6 Å². The van der Waals surface area contributed by atoms with Crippen molar-refractivity contribution in [3.63, 3.8) is 0 Å². The van der Waals surface area contributed by atoms with Crippen molar-refractivity contribution in [1.82, 2.24) is 4.72 Å². The molecule has 0 aliphatic rings. The van der Waals surface area contributed by atoms with Crippen LogP contribution in [-0.4, -0.2) is 31.3 Å². The lowest BCUT2D eigenvalue weighted by atomic mass is 10.1. The maximum atomic E-state index is 11.6. The quantitative estimate of drug-likeness (QED) is 0.635. The van der Waals surface area contributed by atoms with Gasteiger partial charge in [0.25, 0.3) is 0 Å². The second-order valence-corrected chi connectivity index (χ2v) is 6.08. The Balaban J connectivity index is 4.37. The molecular weight excluding hydrogens is 230 g/mol. The Morgan fingerprint density at radius 2 is 1.88 bits per heavy atom. The van der Waals surface area contributed by atoms with Crippen molar-refractivity contribution in [2.75, 3.05) is 5.75 Å². The minimum absolute atomic E-state index is 0.00264. The van der Waals surface area contributed by atoms with Crippen molar-refractivity contribution in [2.24, 2.45) is 5.92 Å². The summed E-state index contributed by atoms with van der Waals surface area (Å²) in [6.07, 6.45) is 2.33. The Labute approximate surface area is 97.3 Å². The van der Waals surface area contributed by atoms with Gasteiger partial charge in [-0.2, -0.15) is 0 Å². The van der Waals surface area contributed by atoms with Gasteiger partial charge in [-0.25, -0.2) is 13.1 Å². The third-order valence-corrected chi connectivity index (χ3v) is 3.70. The summed E-state index contributed by atoms with van der Waals surface area (Å²) in [7, 11) is -3.47. The topological polar surface area (TPSA) is 83.5 Å². The summed E-state index contributed by atoms with van der Waals surface area (Å²) >= 11 is 0. The van der Waals surface area contributed by atoms with Crippen LogP contribution in [0, 0.1) is 5.92 Å². The molecule has 0 saturated heterocycles. The zero-order valence-corrected chi connectivity index (χ0v) is 10.9. The second kappa shape index (κ2) is 6.85. The molecule has 0 aromatic heterocycles. The lowest BCUT2D eigenvalue weighted by Gasteiger charge is -2.17. The standard InChI is InChI=1S/C10H21NO4S/c1-4-5-6-7-16(14,15)11-9(8(2)3)10(12)13/h8-9,11H,4-7H2,1-3H3,(H,12,13)/t9-/m1/s1. The maximum Gasteiger partial charge on any atom is 0.321 e. The van der Waals surface area contributed by atoms with E-state index in [-0.39, 0.29) is 11.7 Å². The number of carboxylic acids is 1. The van der Waals surface area contributed by atoms with Gasteiger partial charge in [0.2, 0.25) is 10.0 Å². The number of nitrogens with one attached hydrogen (secondary N) is 1. The summed E-state index contributed by atoms with van der Waals surface area (Å²) in [5, 5.41) is 8.85. The van der Waals surface area contributed by atoms with Gasteiger partial charge in [-0.05, 0) is 12.3 Å². The first kappa shape index (κ1) is 15.4. The van der Waals surface area contributed by atoms with E-state index >= 15 is 0 Å². The highest BCUT2D eigenvalue weighted by Gasteiger charge is 2.26. The average molecular weight is 251 g/mol. The number of unbranched alkanes of at least 4 members (excludes halogenated alkanes) is 2. The Morgan fingerprint density at radius 1 is 1.31 bits per heavy atom. The summed E-state index contributed by atoms with van der Waals surface area (Å²) in [4.78, 5) is 10.8. The number of carboxylic acid groups (broad SMARTS) is 1. The molecule has 0 fully saturated rings. The van der Waals surface area contributed by atoms with Crippen LogP contribution in [0.5, 0.6) is 0 Å². The SMILES string of the molecule is CCCCCS(=O)(=O)N[C@@H](C(=O)O)C(C)C. The molecule has 0 radical (unpaired) electrons. The highest BCUT2D eigenvalue weighted by molar-refractivity contribution is 7.89. The molecule has 5 nitrogen and oxygen atoms in total. The highest BCUT2D eigenvalue weighted by Crippen LogP contribution is 2.05. The molecule has 0 spiro atoms. The van der Waals surface area contributed by atoms with Gasteiger partial charge in [0.05, 0.1) is 5.75 Å². The van der Waals surface area contributed by atoms with E-state index in [1.165, 1.54) is 0 Å². The molecule has 0 rings (SSSR count). The van der Waals surface area contributed by atoms with Crippen LogP contribution < -0.4 is 4.72 Å². The fourth-order valence-electron chi connectivity index (χ4n) is 1.27. The predicted molar refractivity (Wildman–Crippen MR) is 62.7 cm³/mol. The molecule has 16 heavy (non-hydrogen) atoms. The minimum Gasteiger partial charge on any atom is -0.480 e. The number of hydrogen-bond acceptors (Lipinski definition) is 3. The van der Waals surface area contributed by atoms with Gasteiger partial charge in [-0.15, -0.1) is 0 Å². The van der Waals surface area contributed by atoms with E-state index < -0.39 is 22.0 Å². The van der Waals surface area contributed by atoms with Crippen molar-refractivity contribution in [1.29, 1.82) is 0 Å². The van der Waals surface area contributed by atoms with E-state index in [0.717, 1.165) is 12.8 Å². The highest BCUT2D eigenvalue weighted by atomic mass is 32.2. The summed E-state index contributed by atoms with van der Waals surface area (Å²) in [6.45, 7) is 5.33. The molecule has 2 N–H and O–H groups in total. The Hall–Kier alpha value is -0.620. The minimum atomic E-state index is -3.47. The van der Waals surface area contributed by atoms with Crippen molar-refractivity contribution < 1.29 is 18.3 Å². The first-order chi connectivity index (χ1) is 7.30. The van der Waals surface area contributed by atoms with Gasteiger partial charge in [0.15, 0.2) is 0 Å². The molecule has 0 saturated carbocycles. The zero-order valence-electron chi connectivity index (χ0n) is 10.1. The molecule has 0 aliphatic carbocycles. The Bertz CT molecular complexity index is 311. The number of sulfonamides is 1. The maximum absolute atomic E-state index is 11.6. The van der Waals surface area contributed by atoms with E-state index in [1.54, 1.807) is 13.8 Å². The van der Waals surface area contributed by atoms with E-state index in [4.69, 9.17) is 5.11 Å². The molecule has 0 aromatic rings. The van der Waals surface area contributed by atoms with Crippen LogP contribution in [0.3, 0.4) is 0 Å². The molecule has 0 unspecified atom stereocenters. The van der Waals surface area contributed by atoms with Crippen LogP contribution in [-0.2, 0) is 14.8 Å². The van der Waals surface area contributed by atoms with Gasteiger partial charge in [-0.3, -0.25) is 4.79 Å². The summed E-state index contributed by atoms with van der Waals surface area (Å²) < 4.78 is 25.3. The van der Waals surface area contributed by atoms with E-state index in [1.807, 2.05) is 6.92 Å². The van der Waals surface area contributed by atoms with Crippen LogP contribution in [0.4, 0.5) is 0 Å². The molecule has 0 heterocycles. The Kier molecular flexibility index (Phi) is 6.59. The van der Waals surface area contributed by atoms with Gasteiger partial charge in [0, 0.05) is 0 Å². The normalized spacial score (nSPS) is 14.0. The van der Waals surface area contributed by atoms with Crippen molar-refractivity contribution in [2.45, 2.75) is 46.1 Å². The number of aliphatic carboxylic acids is 1. The first-order valence-electron chi connectivity index (χ1n) is 5.53. The van der Waals surface area contributed by atoms with Crippen LogP contribution in [0.1, 0.15) is 40.0 Å². The molecular formula is C10H21NO4S. The lowest BCUT2D eigenvalue weighted by molar-refractivity contribution is -0.140. The molecule has 0 aliphatic heterocycles. The fraction of sp³-hybridized carbons (Fsp3) is 0.900. The largest absolute Gasteiger partial charge is 0.480 e. The third kappa shape index (κ3) is 6.07. The summed E-state index contributed by atoms with van der Waals surface area (Å²) in [5.74, 6) is -1.40. The monoisotopic (exact) mass is 251 g/mol. The fourth-order valence-corrected chi connectivity index (χ4v) is 2.73. The van der Waals surface area contributed by atoms with Crippen LogP contribution in [0.2, 0.25) is 0 Å². The lowest BCUT2D eigenvalue weighted by Crippen LogP contribution is -2.45. The average Bonchev–Trinajstić information content (AvgIpc) is 2.13. The molecule has 0 amide bonds. The molecule has 6 heteroatoms. The summed E-state index contributed by atoms with van der Waals surface area (Å²) in [5.41, 5.74) is 0. The van der Waals surface area contributed by atoms with E-state index in [9.17, 15) is 13.2 Å². The Morgan fingerprint density at radius 3 is 2.25 bits per heavy atom. The smallest absolute Gasteiger partial charge is 0.321 e. The number of hydrogen-bond donors (Lipinski definition) is 2. The molecule has 0 bridgehead atoms. The summed E-state index contributed by atoms with van der Waals surface area (Å²) in [6, 6.07) is -1.04. The van der Waals surface area contributed by atoms with Crippen LogP contribution >= 0.6 is 0 Å². The van der Waals surface area contributed by atoms with E-state index in [0.29, 0.717) is 6.42 Å². The van der Waals surface area contributed by atoms with Crippen molar-refractivity contribution in [3.05, 3.63) is 0 Å². The molecule has 96 valence electrons. The van der Waals surface area contributed by atoms with Crippen LogP contribution in [0.25, 0.3) is 0 Å². The van der Waals surface area contributed by atoms with Gasteiger partial charge < -0.3 is 5.11 Å². The van der Waals surface area contributed by atoms with Crippen molar-refractivity contribution in [3.8, 4) is 0 Å². The van der Waals surface area contributed by atoms with Gasteiger partial charge in [0.1, 0.15) is 6.04 Å². The van der Waals surface area contributed by atoms with E-state index in [2.05, 4.69) is 4.72 Å².